The molecule has 2 aromatic carbocycles. The molecule has 0 amide bonds. The Morgan fingerprint density at radius 1 is 0.955 bits per heavy atom. The number of hydrogen-bond acceptors (Lipinski definition) is 1. The monoisotopic (exact) mass is 288 g/mol. The van der Waals surface area contributed by atoms with Gasteiger partial charge in [-0.2, -0.15) is 0 Å². The molecule has 0 aliphatic carbocycles. The molecule has 22 heavy (non-hydrogen) atoms. The van der Waals surface area contributed by atoms with E-state index < -0.39 is 0 Å². The van der Waals surface area contributed by atoms with Crippen molar-refractivity contribution in [3.8, 4) is 0 Å². The fourth-order valence-electron chi connectivity index (χ4n) is 2.59. The Hall–Kier alpha value is -2.29. The van der Waals surface area contributed by atoms with Gasteiger partial charge in [-0.05, 0) is 36.1 Å². The third kappa shape index (κ3) is 4.11. The number of H-pyrrole nitrogens is 1. The summed E-state index contributed by atoms with van der Waals surface area (Å²) < 4.78 is 0. The van der Waals surface area contributed by atoms with Crippen LogP contribution in [0.5, 0.6) is 0 Å². The van der Waals surface area contributed by atoms with Gasteiger partial charge in [-0.15, -0.1) is 0 Å². The van der Waals surface area contributed by atoms with Crippen LogP contribution in [0.4, 0.5) is 0 Å². The van der Waals surface area contributed by atoms with Gasteiger partial charge < -0.3 is 4.98 Å². The van der Waals surface area contributed by atoms with Crippen LogP contribution in [0.15, 0.2) is 67.3 Å². The maximum atomic E-state index is 5.97. The summed E-state index contributed by atoms with van der Waals surface area (Å²) in [5, 5.41) is 0. The minimum atomic E-state index is 0.303. The van der Waals surface area contributed by atoms with Gasteiger partial charge in [0.15, 0.2) is 0 Å². The first kappa shape index (κ1) is 16.1. The molecule has 2 nitrogen and oxygen atoms in total. The quantitative estimate of drug-likeness (QED) is 0.709. The first-order valence-electron chi connectivity index (χ1n) is 7.48. The largest absolute Gasteiger partial charge is 0.351 e. The molecule has 3 aromatic rings. The highest BCUT2D eigenvalue weighted by molar-refractivity contribution is 6.09. The molecule has 0 aliphatic heterocycles. The Labute approximate surface area is 134 Å². The fraction of sp³-hybridized carbons (Fsp3) is 0.211. The molecule has 3 rings (SSSR count). The van der Waals surface area contributed by atoms with Gasteiger partial charge in [0.2, 0.25) is 0 Å². The number of aromatic amines is 1. The van der Waals surface area contributed by atoms with E-state index in [1.165, 1.54) is 22.3 Å². The van der Waals surface area contributed by atoms with Gasteiger partial charge in [0.1, 0.15) is 0 Å². The number of imidazole rings is 1. The third-order valence-corrected chi connectivity index (χ3v) is 3.77. The Bertz CT molecular complexity index is 615. The lowest BCUT2D eigenvalue weighted by Gasteiger charge is -2.20. The Kier molecular flexibility index (Phi) is 6.02. The zero-order valence-corrected chi connectivity index (χ0v) is 13.2. The van der Waals surface area contributed by atoms with E-state index in [1.54, 1.807) is 18.7 Å². The van der Waals surface area contributed by atoms with Gasteiger partial charge in [-0.25, -0.2) is 4.98 Å². The minimum Gasteiger partial charge on any atom is -0.351 e. The van der Waals surface area contributed by atoms with E-state index in [-0.39, 0.29) is 0 Å². The van der Waals surface area contributed by atoms with Crippen molar-refractivity contribution in [2.24, 2.45) is 0 Å². The zero-order valence-electron chi connectivity index (χ0n) is 13.2. The van der Waals surface area contributed by atoms with E-state index in [1.807, 2.05) is 0 Å². The molecule has 0 spiro atoms. The number of nitrogens with zero attached hydrogens (tertiary/aromatic N) is 1. The van der Waals surface area contributed by atoms with Crippen LogP contribution in [0.25, 0.3) is 0 Å². The molecule has 3 heteroatoms. The standard InChI is InChI=1S/C16H17B.C3H4N2/c1-12-7-3-5-9-14(12)16(11-17)15-10-6-4-8-13(15)2;1-2-5-3-4-1/h3-10,16H,11H2,1-2H3;1-3H,(H,4,5). The number of hydrogen-bond donors (Lipinski definition) is 1. The lowest BCUT2D eigenvalue weighted by molar-refractivity contribution is 0.896. The molecule has 1 heterocycles. The van der Waals surface area contributed by atoms with Crippen LogP contribution in [0.3, 0.4) is 0 Å². The summed E-state index contributed by atoms with van der Waals surface area (Å²) >= 11 is 0. The van der Waals surface area contributed by atoms with Crippen LogP contribution in [-0.2, 0) is 0 Å². The molecule has 0 bridgehead atoms. The maximum Gasteiger partial charge on any atom is 0.0919 e. The van der Waals surface area contributed by atoms with Crippen molar-refractivity contribution in [1.82, 2.24) is 9.97 Å². The Morgan fingerprint density at radius 3 is 1.82 bits per heavy atom. The van der Waals surface area contributed by atoms with Gasteiger partial charge >= 0.3 is 0 Å². The molecular formula is C19H21BN2. The van der Waals surface area contributed by atoms with Crippen LogP contribution < -0.4 is 0 Å². The van der Waals surface area contributed by atoms with Gasteiger partial charge in [0.25, 0.3) is 0 Å². The van der Waals surface area contributed by atoms with Crippen LogP contribution in [-0.4, -0.2) is 17.8 Å². The number of rotatable bonds is 3. The molecular weight excluding hydrogens is 267 g/mol. The minimum absolute atomic E-state index is 0.303. The van der Waals surface area contributed by atoms with E-state index >= 15 is 0 Å². The average molecular weight is 288 g/mol. The molecule has 2 radical (unpaired) electrons. The van der Waals surface area contributed by atoms with Crippen LogP contribution in [0.2, 0.25) is 6.32 Å². The lowest BCUT2D eigenvalue weighted by Crippen LogP contribution is -2.04. The van der Waals surface area contributed by atoms with E-state index in [0.29, 0.717) is 12.2 Å². The lowest BCUT2D eigenvalue weighted by atomic mass is 9.78. The number of benzene rings is 2. The van der Waals surface area contributed by atoms with E-state index in [9.17, 15) is 0 Å². The van der Waals surface area contributed by atoms with Crippen LogP contribution >= 0.6 is 0 Å². The molecule has 0 saturated carbocycles. The van der Waals surface area contributed by atoms with Crippen molar-refractivity contribution >= 4 is 7.85 Å². The number of aryl methyl sites for hydroxylation is 2. The summed E-state index contributed by atoms with van der Waals surface area (Å²) in [5.41, 5.74) is 5.30. The summed E-state index contributed by atoms with van der Waals surface area (Å²) in [6.07, 6.45) is 5.73. The second-order valence-electron chi connectivity index (χ2n) is 5.26. The molecule has 1 aromatic heterocycles. The van der Waals surface area contributed by atoms with Crippen LogP contribution in [0.1, 0.15) is 28.2 Å². The predicted molar refractivity (Wildman–Crippen MR) is 93.3 cm³/mol. The van der Waals surface area contributed by atoms with Crippen molar-refractivity contribution < 1.29 is 0 Å². The van der Waals surface area contributed by atoms with E-state index in [2.05, 4.69) is 72.3 Å². The van der Waals surface area contributed by atoms with Crippen LogP contribution in [0, 0.1) is 13.8 Å². The van der Waals surface area contributed by atoms with Gasteiger partial charge in [0.05, 0.1) is 14.2 Å². The normalized spacial score (nSPS) is 10.1. The summed E-state index contributed by atoms with van der Waals surface area (Å²) in [7, 11) is 5.97. The third-order valence-electron chi connectivity index (χ3n) is 3.77. The summed E-state index contributed by atoms with van der Waals surface area (Å²) in [4.78, 5) is 6.42. The average Bonchev–Trinajstić information content (AvgIpc) is 3.11. The molecule has 1 N–H and O–H groups in total. The summed E-state index contributed by atoms with van der Waals surface area (Å²) in [6.45, 7) is 4.30. The Morgan fingerprint density at radius 2 is 1.50 bits per heavy atom. The van der Waals surface area contributed by atoms with E-state index in [0.717, 1.165) is 0 Å². The summed E-state index contributed by atoms with van der Waals surface area (Å²) in [6, 6.07) is 17.0. The first-order chi connectivity index (χ1) is 10.7. The highest BCUT2D eigenvalue weighted by atomic mass is 14.8. The molecule has 110 valence electrons. The number of aromatic nitrogens is 2. The van der Waals surface area contributed by atoms with Crippen molar-refractivity contribution in [3.63, 3.8) is 0 Å². The smallest absolute Gasteiger partial charge is 0.0919 e. The maximum absolute atomic E-state index is 5.97. The van der Waals surface area contributed by atoms with Crippen molar-refractivity contribution in [1.29, 1.82) is 0 Å². The van der Waals surface area contributed by atoms with E-state index in [4.69, 9.17) is 7.85 Å². The molecule has 0 unspecified atom stereocenters. The molecule has 0 atom stereocenters. The first-order valence-corrected chi connectivity index (χ1v) is 7.48. The highest BCUT2D eigenvalue weighted by Gasteiger charge is 2.14. The second-order valence-corrected chi connectivity index (χ2v) is 5.26. The van der Waals surface area contributed by atoms with Crippen molar-refractivity contribution in [3.05, 3.63) is 89.5 Å². The number of nitrogens with one attached hydrogen (secondary N) is 1. The zero-order chi connectivity index (χ0) is 15.8. The highest BCUT2D eigenvalue weighted by Crippen LogP contribution is 2.31. The van der Waals surface area contributed by atoms with Gasteiger partial charge in [0, 0.05) is 18.3 Å². The summed E-state index contributed by atoms with van der Waals surface area (Å²) in [5.74, 6) is 0.303. The predicted octanol–water partition coefficient (Wildman–Crippen LogP) is 4.43. The molecule has 0 aliphatic rings. The van der Waals surface area contributed by atoms with Crippen molar-refractivity contribution in [2.75, 3.05) is 0 Å². The van der Waals surface area contributed by atoms with Crippen molar-refractivity contribution in [2.45, 2.75) is 26.1 Å². The second kappa shape index (κ2) is 8.23. The molecule has 0 saturated heterocycles. The SMILES string of the molecule is [B]CC(c1ccccc1C)c1ccccc1C.c1c[nH]cn1. The Balaban J connectivity index is 0.000000299. The van der Waals surface area contributed by atoms with Gasteiger partial charge in [-0.3, -0.25) is 0 Å². The fourth-order valence-corrected chi connectivity index (χ4v) is 2.59. The molecule has 0 fully saturated rings. The van der Waals surface area contributed by atoms with Gasteiger partial charge in [-0.1, -0.05) is 54.9 Å². The topological polar surface area (TPSA) is 28.7 Å².